The summed E-state index contributed by atoms with van der Waals surface area (Å²) < 4.78 is 0. The van der Waals surface area contributed by atoms with Gasteiger partial charge in [-0.2, -0.15) is 0 Å². The molecule has 1 N–H and O–H groups in total. The van der Waals surface area contributed by atoms with Gasteiger partial charge >= 0.3 is 0 Å². The molecule has 14 heavy (non-hydrogen) atoms. The predicted octanol–water partition coefficient (Wildman–Crippen LogP) is 3.45. The molecular formula is C13H27N. The third kappa shape index (κ3) is 3.27. The summed E-state index contributed by atoms with van der Waals surface area (Å²) in [6.07, 6.45) is 5.53. The van der Waals surface area contributed by atoms with Gasteiger partial charge in [0.15, 0.2) is 0 Å². The zero-order valence-electron chi connectivity index (χ0n) is 10.3. The lowest BCUT2D eigenvalue weighted by molar-refractivity contribution is 0.340. The van der Waals surface area contributed by atoms with E-state index < -0.39 is 0 Å². The van der Waals surface area contributed by atoms with E-state index in [1.807, 2.05) is 0 Å². The van der Waals surface area contributed by atoms with Gasteiger partial charge in [-0.1, -0.05) is 34.1 Å². The maximum absolute atomic E-state index is 3.73. The van der Waals surface area contributed by atoms with Gasteiger partial charge in [0.1, 0.15) is 0 Å². The summed E-state index contributed by atoms with van der Waals surface area (Å²) in [5.74, 6) is 2.71. The van der Waals surface area contributed by atoms with Crippen molar-refractivity contribution in [2.45, 2.75) is 59.4 Å². The summed E-state index contributed by atoms with van der Waals surface area (Å²) in [6.45, 7) is 10.6. The van der Waals surface area contributed by atoms with E-state index in [9.17, 15) is 0 Å². The van der Waals surface area contributed by atoms with Gasteiger partial charge < -0.3 is 5.32 Å². The second kappa shape index (κ2) is 5.75. The van der Waals surface area contributed by atoms with Crippen molar-refractivity contribution in [3.05, 3.63) is 0 Å². The van der Waals surface area contributed by atoms with Crippen molar-refractivity contribution in [3.8, 4) is 0 Å². The Morgan fingerprint density at radius 3 is 2.50 bits per heavy atom. The Labute approximate surface area is 89.7 Å². The summed E-state index contributed by atoms with van der Waals surface area (Å²) in [5, 5.41) is 3.73. The summed E-state index contributed by atoms with van der Waals surface area (Å²) in [7, 11) is 0. The predicted molar refractivity (Wildman–Crippen MR) is 63.4 cm³/mol. The summed E-state index contributed by atoms with van der Waals surface area (Å²) in [6, 6.07) is 0.804. The molecule has 0 aromatic rings. The molecule has 0 aromatic carbocycles. The fourth-order valence-corrected chi connectivity index (χ4v) is 2.67. The van der Waals surface area contributed by atoms with E-state index in [0.29, 0.717) is 0 Å². The van der Waals surface area contributed by atoms with Gasteiger partial charge in [0, 0.05) is 6.04 Å². The molecule has 3 atom stereocenters. The number of nitrogens with one attached hydrogen (secondary N) is 1. The van der Waals surface area contributed by atoms with Crippen molar-refractivity contribution in [3.63, 3.8) is 0 Å². The average Bonchev–Trinajstić information content (AvgIpc) is 2.47. The molecule has 1 aliphatic carbocycles. The highest BCUT2D eigenvalue weighted by Gasteiger charge is 2.30. The minimum absolute atomic E-state index is 0.804. The van der Waals surface area contributed by atoms with Crippen molar-refractivity contribution < 1.29 is 0 Å². The molecule has 0 spiro atoms. The van der Waals surface area contributed by atoms with Crippen molar-refractivity contribution in [1.82, 2.24) is 5.32 Å². The molecule has 1 rings (SSSR count). The van der Waals surface area contributed by atoms with Crippen molar-refractivity contribution >= 4 is 0 Å². The number of hydrogen-bond donors (Lipinski definition) is 1. The number of rotatable bonds is 5. The molecule has 0 aliphatic heterocycles. The van der Waals surface area contributed by atoms with E-state index in [-0.39, 0.29) is 0 Å². The summed E-state index contributed by atoms with van der Waals surface area (Å²) >= 11 is 0. The first-order valence-corrected chi connectivity index (χ1v) is 6.38. The molecule has 0 aromatic heterocycles. The van der Waals surface area contributed by atoms with Crippen LogP contribution >= 0.6 is 0 Å². The molecule has 0 radical (unpaired) electrons. The fraction of sp³-hybridized carbons (Fsp3) is 1.00. The average molecular weight is 197 g/mol. The third-order valence-corrected chi connectivity index (χ3v) is 3.88. The van der Waals surface area contributed by atoms with Gasteiger partial charge in [-0.25, -0.2) is 0 Å². The number of hydrogen-bond acceptors (Lipinski definition) is 1. The van der Waals surface area contributed by atoms with Crippen LogP contribution in [0, 0.1) is 17.8 Å². The van der Waals surface area contributed by atoms with Gasteiger partial charge in [-0.3, -0.25) is 0 Å². The minimum Gasteiger partial charge on any atom is -0.314 e. The van der Waals surface area contributed by atoms with E-state index in [4.69, 9.17) is 0 Å². The first kappa shape index (κ1) is 12.0. The lowest BCUT2D eigenvalue weighted by Gasteiger charge is -2.21. The molecule has 0 bridgehead atoms. The smallest absolute Gasteiger partial charge is 0.00954 e. The second-order valence-corrected chi connectivity index (χ2v) is 5.35. The molecule has 1 aliphatic rings. The zero-order valence-corrected chi connectivity index (χ0v) is 10.3. The molecular weight excluding hydrogens is 170 g/mol. The van der Waals surface area contributed by atoms with Crippen LogP contribution in [0.25, 0.3) is 0 Å². The van der Waals surface area contributed by atoms with Crippen LogP contribution < -0.4 is 5.32 Å². The van der Waals surface area contributed by atoms with Crippen LogP contribution in [-0.4, -0.2) is 12.6 Å². The molecule has 0 saturated heterocycles. The molecule has 0 heterocycles. The van der Waals surface area contributed by atoms with Crippen LogP contribution in [0.1, 0.15) is 53.4 Å². The van der Waals surface area contributed by atoms with E-state index in [1.165, 1.54) is 32.2 Å². The highest BCUT2D eigenvalue weighted by atomic mass is 14.9. The molecule has 0 amide bonds. The van der Waals surface area contributed by atoms with E-state index in [1.54, 1.807) is 0 Å². The quantitative estimate of drug-likeness (QED) is 0.712. The van der Waals surface area contributed by atoms with E-state index in [0.717, 1.165) is 23.8 Å². The van der Waals surface area contributed by atoms with Crippen molar-refractivity contribution in [2.75, 3.05) is 6.54 Å². The molecule has 1 fully saturated rings. The van der Waals surface area contributed by atoms with Gasteiger partial charge in [-0.05, 0) is 43.6 Å². The second-order valence-electron chi connectivity index (χ2n) is 5.35. The van der Waals surface area contributed by atoms with Gasteiger partial charge in [0.2, 0.25) is 0 Å². The van der Waals surface area contributed by atoms with E-state index >= 15 is 0 Å². The Morgan fingerprint density at radius 2 is 2.00 bits per heavy atom. The Balaban J connectivity index is 2.19. The van der Waals surface area contributed by atoms with Crippen LogP contribution in [0.15, 0.2) is 0 Å². The Kier molecular flexibility index (Phi) is 4.94. The Bertz CT molecular complexity index is 153. The molecule has 84 valence electrons. The fourth-order valence-electron chi connectivity index (χ4n) is 2.67. The van der Waals surface area contributed by atoms with Gasteiger partial charge in [0.05, 0.1) is 0 Å². The summed E-state index contributed by atoms with van der Waals surface area (Å²) in [4.78, 5) is 0. The van der Waals surface area contributed by atoms with Crippen LogP contribution in [0.3, 0.4) is 0 Å². The normalized spacial score (nSPS) is 32.8. The lowest BCUT2D eigenvalue weighted by Crippen LogP contribution is -2.33. The molecule has 3 unspecified atom stereocenters. The first-order chi connectivity index (χ1) is 6.65. The highest BCUT2D eigenvalue weighted by Crippen LogP contribution is 2.33. The SMILES string of the molecule is CCC1CCC(NCCC(C)C)C1C. The van der Waals surface area contributed by atoms with Crippen molar-refractivity contribution in [2.24, 2.45) is 17.8 Å². The minimum atomic E-state index is 0.804. The van der Waals surface area contributed by atoms with Crippen LogP contribution in [-0.2, 0) is 0 Å². The van der Waals surface area contributed by atoms with Crippen LogP contribution in [0.4, 0.5) is 0 Å². The van der Waals surface area contributed by atoms with E-state index in [2.05, 4.69) is 33.0 Å². The maximum Gasteiger partial charge on any atom is 0.00954 e. The largest absolute Gasteiger partial charge is 0.314 e. The highest BCUT2D eigenvalue weighted by molar-refractivity contribution is 4.86. The molecule has 1 saturated carbocycles. The molecule has 1 heteroatoms. The topological polar surface area (TPSA) is 12.0 Å². The maximum atomic E-state index is 3.73. The standard InChI is InChI=1S/C13H27N/c1-5-12-6-7-13(11(12)4)14-9-8-10(2)3/h10-14H,5-9H2,1-4H3. The van der Waals surface area contributed by atoms with Crippen molar-refractivity contribution in [1.29, 1.82) is 0 Å². The molecule has 1 nitrogen and oxygen atoms in total. The Morgan fingerprint density at radius 1 is 1.29 bits per heavy atom. The van der Waals surface area contributed by atoms with Crippen LogP contribution in [0.5, 0.6) is 0 Å². The first-order valence-electron chi connectivity index (χ1n) is 6.38. The third-order valence-electron chi connectivity index (χ3n) is 3.88. The zero-order chi connectivity index (χ0) is 10.6. The monoisotopic (exact) mass is 197 g/mol. The van der Waals surface area contributed by atoms with Gasteiger partial charge in [-0.15, -0.1) is 0 Å². The van der Waals surface area contributed by atoms with Crippen LogP contribution in [0.2, 0.25) is 0 Å². The lowest BCUT2D eigenvalue weighted by atomic mass is 9.93. The summed E-state index contributed by atoms with van der Waals surface area (Å²) in [5.41, 5.74) is 0. The Hall–Kier alpha value is -0.0400. The van der Waals surface area contributed by atoms with Gasteiger partial charge in [0.25, 0.3) is 0 Å².